The van der Waals surface area contributed by atoms with Crippen molar-refractivity contribution in [1.82, 2.24) is 0 Å². The topological polar surface area (TPSA) is 75.6 Å². The fraction of sp³-hybridized carbons (Fsp3) is 0.176. The van der Waals surface area contributed by atoms with Gasteiger partial charge >= 0.3 is 5.97 Å². The number of carbonyl (C=O) groups excluding carboxylic acids is 2. The second-order valence-electron chi connectivity index (χ2n) is 5.08. The van der Waals surface area contributed by atoms with Crippen LogP contribution in [0.2, 0.25) is 5.02 Å². The lowest BCUT2D eigenvalue weighted by Crippen LogP contribution is -2.21. The number of amides is 1. The molecular formula is C17H16ClNO4. The van der Waals surface area contributed by atoms with Gasteiger partial charge in [0.1, 0.15) is 11.3 Å². The number of nitrogens with one attached hydrogen (secondary N) is 1. The van der Waals surface area contributed by atoms with E-state index >= 15 is 0 Å². The number of carbonyl (C=O) groups is 2. The maximum atomic E-state index is 11.9. The molecule has 0 atom stereocenters. The summed E-state index contributed by atoms with van der Waals surface area (Å²) >= 11 is 6.10. The summed E-state index contributed by atoms with van der Waals surface area (Å²) in [6, 6.07) is 9.57. The summed E-state index contributed by atoms with van der Waals surface area (Å²) in [7, 11) is 0. The maximum Gasteiger partial charge on any atom is 0.342 e. The second-order valence-corrected chi connectivity index (χ2v) is 5.49. The lowest BCUT2D eigenvalue weighted by atomic mass is 10.1. The number of anilines is 1. The number of phenolic OH excluding ortho intramolecular Hbond substituents is 1. The molecule has 2 aromatic rings. The van der Waals surface area contributed by atoms with Crippen molar-refractivity contribution in [3.05, 3.63) is 58.1 Å². The molecule has 0 unspecified atom stereocenters. The molecule has 0 fully saturated rings. The Labute approximate surface area is 138 Å². The number of esters is 1. The van der Waals surface area contributed by atoms with E-state index in [2.05, 4.69) is 5.32 Å². The van der Waals surface area contributed by atoms with E-state index in [0.717, 1.165) is 11.1 Å². The monoisotopic (exact) mass is 333 g/mol. The quantitative estimate of drug-likeness (QED) is 0.840. The van der Waals surface area contributed by atoms with Gasteiger partial charge in [0, 0.05) is 0 Å². The first kappa shape index (κ1) is 16.8. The Morgan fingerprint density at radius 3 is 2.57 bits per heavy atom. The highest BCUT2D eigenvalue weighted by molar-refractivity contribution is 6.34. The summed E-state index contributed by atoms with van der Waals surface area (Å²) in [4.78, 5) is 23.7. The van der Waals surface area contributed by atoms with E-state index < -0.39 is 18.5 Å². The molecule has 5 nitrogen and oxygen atoms in total. The van der Waals surface area contributed by atoms with Crippen molar-refractivity contribution in [2.75, 3.05) is 11.9 Å². The molecule has 23 heavy (non-hydrogen) atoms. The van der Waals surface area contributed by atoms with Gasteiger partial charge in [-0.05, 0) is 43.2 Å². The average molecular weight is 334 g/mol. The van der Waals surface area contributed by atoms with Crippen LogP contribution in [0, 0.1) is 13.8 Å². The van der Waals surface area contributed by atoms with E-state index in [4.69, 9.17) is 16.3 Å². The van der Waals surface area contributed by atoms with Crippen LogP contribution in [0.5, 0.6) is 5.75 Å². The smallest absolute Gasteiger partial charge is 0.342 e. The molecule has 0 heterocycles. The third kappa shape index (κ3) is 4.23. The summed E-state index contributed by atoms with van der Waals surface area (Å²) < 4.78 is 4.89. The van der Waals surface area contributed by atoms with Gasteiger partial charge in [0.05, 0.1) is 10.7 Å². The Hall–Kier alpha value is -2.53. The summed E-state index contributed by atoms with van der Waals surface area (Å²) in [6.07, 6.45) is 0. The normalized spacial score (nSPS) is 10.2. The lowest BCUT2D eigenvalue weighted by molar-refractivity contribution is -0.119. The number of aryl methyl sites for hydroxylation is 2. The van der Waals surface area contributed by atoms with Crippen molar-refractivity contribution in [1.29, 1.82) is 0 Å². The fourth-order valence-corrected chi connectivity index (χ4v) is 2.47. The molecule has 1 amide bonds. The van der Waals surface area contributed by atoms with Gasteiger partial charge in [0.25, 0.3) is 5.91 Å². The minimum Gasteiger partial charge on any atom is -0.507 e. The van der Waals surface area contributed by atoms with Gasteiger partial charge in [-0.25, -0.2) is 4.79 Å². The molecule has 120 valence electrons. The molecule has 0 aromatic heterocycles. The molecule has 0 aliphatic rings. The van der Waals surface area contributed by atoms with Gasteiger partial charge < -0.3 is 15.2 Å². The minimum atomic E-state index is -0.773. The van der Waals surface area contributed by atoms with E-state index in [-0.39, 0.29) is 11.3 Å². The van der Waals surface area contributed by atoms with Crippen molar-refractivity contribution in [2.45, 2.75) is 13.8 Å². The van der Waals surface area contributed by atoms with Crippen LogP contribution in [-0.2, 0) is 9.53 Å². The Morgan fingerprint density at radius 2 is 1.91 bits per heavy atom. The SMILES string of the molecule is Cc1cc(C)c(NC(=O)COC(=O)c2ccccc2O)c(Cl)c1. The molecular weight excluding hydrogens is 318 g/mol. The lowest BCUT2D eigenvalue weighted by Gasteiger charge is -2.12. The fourth-order valence-electron chi connectivity index (χ4n) is 2.10. The zero-order chi connectivity index (χ0) is 17.0. The number of phenols is 1. The van der Waals surface area contributed by atoms with Gasteiger partial charge in [0.2, 0.25) is 0 Å². The van der Waals surface area contributed by atoms with Crippen LogP contribution in [0.3, 0.4) is 0 Å². The summed E-state index contributed by atoms with van der Waals surface area (Å²) in [5.74, 6) is -1.48. The van der Waals surface area contributed by atoms with Gasteiger partial charge in [-0.2, -0.15) is 0 Å². The second kappa shape index (κ2) is 7.15. The molecule has 0 saturated heterocycles. The van der Waals surface area contributed by atoms with E-state index in [9.17, 15) is 14.7 Å². The van der Waals surface area contributed by atoms with E-state index in [1.807, 2.05) is 19.9 Å². The molecule has 0 bridgehead atoms. The molecule has 0 aliphatic heterocycles. The predicted octanol–water partition coefficient (Wildman–Crippen LogP) is 3.46. The maximum absolute atomic E-state index is 11.9. The molecule has 6 heteroatoms. The van der Waals surface area contributed by atoms with Crippen LogP contribution < -0.4 is 5.32 Å². The Bertz CT molecular complexity index is 735. The number of aromatic hydroxyl groups is 1. The van der Waals surface area contributed by atoms with Gasteiger partial charge in [0.15, 0.2) is 6.61 Å². The third-order valence-electron chi connectivity index (χ3n) is 3.15. The van der Waals surface area contributed by atoms with E-state index in [0.29, 0.717) is 10.7 Å². The van der Waals surface area contributed by atoms with Crippen LogP contribution in [0.1, 0.15) is 21.5 Å². The molecule has 0 saturated carbocycles. The van der Waals surface area contributed by atoms with Crippen molar-refractivity contribution in [3.8, 4) is 5.75 Å². The van der Waals surface area contributed by atoms with E-state index in [1.165, 1.54) is 12.1 Å². The number of benzene rings is 2. The standard InChI is InChI=1S/C17H16ClNO4/c1-10-7-11(2)16(13(18)8-10)19-15(21)9-23-17(22)12-5-3-4-6-14(12)20/h3-8,20H,9H2,1-2H3,(H,19,21). The zero-order valence-corrected chi connectivity index (χ0v) is 13.5. The van der Waals surface area contributed by atoms with Crippen molar-refractivity contribution in [2.24, 2.45) is 0 Å². The molecule has 0 spiro atoms. The molecule has 0 radical (unpaired) electrons. The highest BCUT2D eigenvalue weighted by atomic mass is 35.5. The van der Waals surface area contributed by atoms with Crippen LogP contribution in [-0.4, -0.2) is 23.6 Å². The molecule has 0 aliphatic carbocycles. The van der Waals surface area contributed by atoms with Gasteiger partial charge in [-0.3, -0.25) is 4.79 Å². The molecule has 2 aromatic carbocycles. The minimum absolute atomic E-state index is 0.00449. The van der Waals surface area contributed by atoms with Crippen molar-refractivity contribution < 1.29 is 19.4 Å². The predicted molar refractivity (Wildman–Crippen MR) is 87.9 cm³/mol. The van der Waals surface area contributed by atoms with Gasteiger partial charge in [-0.1, -0.05) is 29.8 Å². The highest BCUT2D eigenvalue weighted by Crippen LogP contribution is 2.27. The summed E-state index contributed by atoms with van der Waals surface area (Å²) in [5, 5.41) is 12.6. The Kier molecular flexibility index (Phi) is 5.24. The van der Waals surface area contributed by atoms with Crippen LogP contribution in [0.25, 0.3) is 0 Å². The van der Waals surface area contributed by atoms with Crippen LogP contribution in [0.15, 0.2) is 36.4 Å². The first-order chi connectivity index (χ1) is 10.9. The van der Waals surface area contributed by atoms with Crippen molar-refractivity contribution in [3.63, 3.8) is 0 Å². The van der Waals surface area contributed by atoms with E-state index in [1.54, 1.807) is 18.2 Å². The summed E-state index contributed by atoms with van der Waals surface area (Å²) in [5.41, 5.74) is 2.29. The Morgan fingerprint density at radius 1 is 1.22 bits per heavy atom. The third-order valence-corrected chi connectivity index (χ3v) is 3.45. The zero-order valence-electron chi connectivity index (χ0n) is 12.7. The first-order valence-electron chi connectivity index (χ1n) is 6.90. The first-order valence-corrected chi connectivity index (χ1v) is 7.28. The molecule has 2 N–H and O–H groups in total. The highest BCUT2D eigenvalue weighted by Gasteiger charge is 2.15. The number of hydrogen-bond acceptors (Lipinski definition) is 4. The summed E-state index contributed by atoms with van der Waals surface area (Å²) in [6.45, 7) is 3.25. The van der Waals surface area contributed by atoms with Crippen LogP contribution in [0.4, 0.5) is 5.69 Å². The van der Waals surface area contributed by atoms with Crippen LogP contribution >= 0.6 is 11.6 Å². The number of hydrogen-bond donors (Lipinski definition) is 2. The number of ether oxygens (including phenoxy) is 1. The average Bonchev–Trinajstić information content (AvgIpc) is 2.49. The Balaban J connectivity index is 1.99. The number of rotatable bonds is 4. The number of para-hydroxylation sites is 1. The van der Waals surface area contributed by atoms with Crippen molar-refractivity contribution >= 4 is 29.2 Å². The largest absolute Gasteiger partial charge is 0.507 e. The van der Waals surface area contributed by atoms with Gasteiger partial charge in [-0.15, -0.1) is 0 Å². The molecule has 2 rings (SSSR count). The number of halogens is 1.